The van der Waals surface area contributed by atoms with Gasteiger partial charge in [0.15, 0.2) is 0 Å². The van der Waals surface area contributed by atoms with Crippen LogP contribution in [-0.4, -0.2) is 9.97 Å². The van der Waals surface area contributed by atoms with Crippen LogP contribution in [0.1, 0.15) is 0 Å². The maximum atomic E-state index is 5.01. The first-order chi connectivity index (χ1) is 15.9. The van der Waals surface area contributed by atoms with Crippen molar-refractivity contribution in [1.82, 2.24) is 9.97 Å². The van der Waals surface area contributed by atoms with Crippen LogP contribution in [0, 0.1) is 0 Å². The van der Waals surface area contributed by atoms with Crippen LogP contribution in [0.25, 0.3) is 55.4 Å². The number of nitrogens with zero attached hydrogens (tertiary/aromatic N) is 2. The molecule has 0 atom stereocenters. The molecule has 0 unspecified atom stereocenters. The maximum absolute atomic E-state index is 5.01. The predicted molar refractivity (Wildman–Crippen MR) is 133 cm³/mol. The topological polar surface area (TPSA) is 25.8 Å². The van der Waals surface area contributed by atoms with E-state index in [0.29, 0.717) is 0 Å². The average Bonchev–Trinajstić information content (AvgIpc) is 2.88. The van der Waals surface area contributed by atoms with Gasteiger partial charge >= 0.3 is 0 Å². The molecule has 0 saturated heterocycles. The Morgan fingerprint density at radius 2 is 0.750 bits per heavy atom. The van der Waals surface area contributed by atoms with Gasteiger partial charge in [-0.1, -0.05) is 97.1 Å². The van der Waals surface area contributed by atoms with Crippen LogP contribution in [0.3, 0.4) is 0 Å². The van der Waals surface area contributed by atoms with Crippen LogP contribution in [0.2, 0.25) is 0 Å². The Hall–Kier alpha value is -4.30. The molecule has 0 aliphatic rings. The molecule has 0 N–H and O–H groups in total. The van der Waals surface area contributed by atoms with Crippen molar-refractivity contribution in [3.63, 3.8) is 0 Å². The Morgan fingerprint density at radius 3 is 1.19 bits per heavy atom. The number of hydrogen-bond acceptors (Lipinski definition) is 2. The van der Waals surface area contributed by atoms with Gasteiger partial charge in [-0.2, -0.15) is 0 Å². The molecule has 0 amide bonds. The van der Waals surface area contributed by atoms with Gasteiger partial charge in [-0.05, 0) is 46.5 Å². The van der Waals surface area contributed by atoms with Gasteiger partial charge in [0.2, 0.25) is 0 Å². The van der Waals surface area contributed by atoms with E-state index in [4.69, 9.17) is 9.97 Å². The molecular weight excluding hydrogens is 388 g/mol. The van der Waals surface area contributed by atoms with E-state index in [-0.39, 0.29) is 0 Å². The molecule has 0 spiro atoms. The normalized spacial score (nSPS) is 11.1. The molecule has 6 aromatic rings. The van der Waals surface area contributed by atoms with Crippen molar-refractivity contribution in [3.05, 3.63) is 121 Å². The number of aromatic nitrogens is 2. The summed E-state index contributed by atoms with van der Waals surface area (Å²) in [5, 5.41) is 2.29. The Balaban J connectivity index is 1.64. The van der Waals surface area contributed by atoms with E-state index < -0.39 is 0 Å². The average molecular weight is 409 g/mol. The Labute approximate surface area is 186 Å². The van der Waals surface area contributed by atoms with E-state index >= 15 is 0 Å². The van der Waals surface area contributed by atoms with Crippen molar-refractivity contribution in [2.24, 2.45) is 0 Å². The van der Waals surface area contributed by atoms with Gasteiger partial charge in [0.25, 0.3) is 0 Å². The second kappa shape index (κ2) is 7.75. The minimum Gasteiger partial charge on any atom is -0.246 e. The fraction of sp³-hybridized carbons (Fsp3) is 0. The fourth-order valence-corrected chi connectivity index (χ4v) is 4.33. The van der Waals surface area contributed by atoms with Gasteiger partial charge in [-0.25, -0.2) is 9.97 Å². The first-order valence-electron chi connectivity index (χ1n) is 10.8. The highest BCUT2D eigenvalue weighted by Crippen LogP contribution is 2.35. The first-order valence-corrected chi connectivity index (χ1v) is 10.8. The van der Waals surface area contributed by atoms with Crippen LogP contribution >= 0.6 is 0 Å². The van der Waals surface area contributed by atoms with E-state index in [9.17, 15) is 0 Å². The molecule has 2 heterocycles. The summed E-state index contributed by atoms with van der Waals surface area (Å²) in [7, 11) is 0. The number of benzene rings is 4. The predicted octanol–water partition coefficient (Wildman–Crippen LogP) is 7.78. The van der Waals surface area contributed by atoms with E-state index in [1.54, 1.807) is 0 Å². The van der Waals surface area contributed by atoms with Gasteiger partial charge in [0.1, 0.15) is 0 Å². The van der Waals surface area contributed by atoms with Gasteiger partial charge in [0.05, 0.1) is 22.4 Å². The monoisotopic (exact) mass is 408 g/mol. The van der Waals surface area contributed by atoms with Crippen LogP contribution in [0.15, 0.2) is 121 Å². The molecule has 32 heavy (non-hydrogen) atoms. The smallest absolute Gasteiger partial charge is 0.0900 e. The summed E-state index contributed by atoms with van der Waals surface area (Å²) in [4.78, 5) is 10.0. The second-order valence-corrected chi connectivity index (χ2v) is 7.88. The lowest BCUT2D eigenvalue weighted by Crippen LogP contribution is -1.94. The zero-order valence-corrected chi connectivity index (χ0v) is 17.4. The molecule has 2 aromatic heterocycles. The van der Waals surface area contributed by atoms with Crippen LogP contribution in [0.5, 0.6) is 0 Å². The third-order valence-corrected chi connectivity index (χ3v) is 5.86. The SMILES string of the molecule is c1ccc(-c2cc(-c3cc(-c4ccccc4)c4ccccc4n3)nc3ccccc23)cc1. The number of rotatable bonds is 3. The molecule has 0 saturated carbocycles. The van der Waals surface area contributed by atoms with Crippen molar-refractivity contribution in [2.75, 3.05) is 0 Å². The number of fused-ring (bicyclic) bond motifs is 2. The summed E-state index contributed by atoms with van der Waals surface area (Å²) >= 11 is 0. The molecule has 0 radical (unpaired) electrons. The summed E-state index contributed by atoms with van der Waals surface area (Å²) < 4.78 is 0. The summed E-state index contributed by atoms with van der Waals surface area (Å²) in [6.45, 7) is 0. The molecular formula is C30H20N2. The zero-order valence-electron chi connectivity index (χ0n) is 17.4. The van der Waals surface area contributed by atoms with Crippen molar-refractivity contribution in [1.29, 1.82) is 0 Å². The summed E-state index contributed by atoms with van der Waals surface area (Å²) in [5.41, 5.74) is 8.40. The first kappa shape index (κ1) is 18.5. The fourth-order valence-electron chi connectivity index (χ4n) is 4.33. The molecule has 0 aliphatic carbocycles. The molecule has 0 fully saturated rings. The Kier molecular flexibility index (Phi) is 4.47. The largest absolute Gasteiger partial charge is 0.246 e. The molecule has 150 valence electrons. The van der Waals surface area contributed by atoms with Crippen molar-refractivity contribution >= 4 is 21.8 Å². The minimum absolute atomic E-state index is 0.880. The van der Waals surface area contributed by atoms with E-state index in [2.05, 4.69) is 97.1 Å². The summed E-state index contributed by atoms with van der Waals surface area (Å²) in [5.74, 6) is 0. The Bertz CT molecular complexity index is 1430. The maximum Gasteiger partial charge on any atom is 0.0900 e. The third kappa shape index (κ3) is 3.23. The van der Waals surface area contributed by atoms with Crippen molar-refractivity contribution < 1.29 is 0 Å². The van der Waals surface area contributed by atoms with Gasteiger partial charge < -0.3 is 0 Å². The second-order valence-electron chi connectivity index (χ2n) is 7.88. The highest BCUT2D eigenvalue weighted by molar-refractivity contribution is 5.99. The van der Waals surface area contributed by atoms with Crippen molar-refractivity contribution in [3.8, 4) is 33.6 Å². The van der Waals surface area contributed by atoms with Gasteiger partial charge in [-0.3, -0.25) is 0 Å². The van der Waals surface area contributed by atoms with Crippen molar-refractivity contribution in [2.45, 2.75) is 0 Å². The molecule has 2 nitrogen and oxygen atoms in total. The van der Waals surface area contributed by atoms with Crippen LogP contribution in [-0.2, 0) is 0 Å². The number of pyridine rings is 2. The van der Waals surface area contributed by atoms with Crippen LogP contribution in [0.4, 0.5) is 0 Å². The lowest BCUT2D eigenvalue weighted by Gasteiger charge is -2.13. The molecule has 0 bridgehead atoms. The number of hydrogen-bond donors (Lipinski definition) is 0. The standard InChI is InChI=1S/C30H20N2/c1-3-11-21(12-4-1)25-19-29(31-27-17-9-7-15-23(25)27)30-20-26(22-13-5-2-6-14-22)24-16-8-10-18-28(24)32-30/h1-20H. The molecule has 0 aliphatic heterocycles. The minimum atomic E-state index is 0.880. The quantitative estimate of drug-likeness (QED) is 0.299. The van der Waals surface area contributed by atoms with Crippen LogP contribution < -0.4 is 0 Å². The highest BCUT2D eigenvalue weighted by Gasteiger charge is 2.13. The molecule has 4 aromatic carbocycles. The highest BCUT2D eigenvalue weighted by atomic mass is 14.8. The lowest BCUT2D eigenvalue weighted by atomic mass is 9.97. The third-order valence-electron chi connectivity index (χ3n) is 5.86. The molecule has 2 heteroatoms. The van der Waals surface area contributed by atoms with E-state index in [1.807, 2.05) is 24.3 Å². The van der Waals surface area contributed by atoms with Gasteiger partial charge in [0, 0.05) is 10.8 Å². The zero-order chi connectivity index (χ0) is 21.3. The van der Waals surface area contributed by atoms with E-state index in [1.165, 1.54) is 22.3 Å². The summed E-state index contributed by atoms with van der Waals surface area (Å²) in [6, 6.07) is 42.0. The molecule has 6 rings (SSSR count). The summed E-state index contributed by atoms with van der Waals surface area (Å²) in [6.07, 6.45) is 0. The Morgan fingerprint density at radius 1 is 0.375 bits per heavy atom. The lowest BCUT2D eigenvalue weighted by molar-refractivity contribution is 1.32. The van der Waals surface area contributed by atoms with Gasteiger partial charge in [-0.15, -0.1) is 0 Å². The number of para-hydroxylation sites is 2. The van der Waals surface area contributed by atoms with E-state index in [0.717, 1.165) is 33.2 Å².